The molecule has 2 heterocycles. The molecule has 8 nitrogen and oxygen atoms in total. The molecule has 0 bridgehead atoms. The molecule has 1 aromatic carbocycles. The summed E-state index contributed by atoms with van der Waals surface area (Å²) in [5.74, 6) is 1.68. The summed E-state index contributed by atoms with van der Waals surface area (Å²) in [5, 5.41) is 7.51. The second-order valence-corrected chi connectivity index (χ2v) is 6.77. The van der Waals surface area contributed by atoms with E-state index in [1.807, 2.05) is 44.1 Å². The Morgan fingerprint density at radius 1 is 1.36 bits per heavy atom. The van der Waals surface area contributed by atoms with Crippen LogP contribution in [-0.2, 0) is 18.4 Å². The molecule has 1 aromatic heterocycles. The number of ether oxygens (including phenoxy) is 1. The third-order valence-electron chi connectivity index (χ3n) is 4.72. The topological polar surface area (TPSA) is 75.0 Å². The molecule has 0 spiro atoms. The number of hydrogen-bond donors (Lipinski definition) is 1. The van der Waals surface area contributed by atoms with Crippen molar-refractivity contribution in [3.05, 3.63) is 41.7 Å². The number of carbonyl (C=O) groups is 1. The van der Waals surface area contributed by atoms with E-state index in [1.54, 1.807) is 22.8 Å². The largest absolute Gasteiger partial charge is 0.494 e. The summed E-state index contributed by atoms with van der Waals surface area (Å²) in [5.41, 5.74) is 3.08. The van der Waals surface area contributed by atoms with Gasteiger partial charge in [0.05, 0.1) is 18.5 Å². The van der Waals surface area contributed by atoms with E-state index in [0.717, 1.165) is 28.5 Å². The highest BCUT2D eigenvalue weighted by Gasteiger charge is 2.27. The third kappa shape index (κ3) is 4.44. The molecule has 0 unspecified atom stereocenters. The van der Waals surface area contributed by atoms with Crippen molar-refractivity contribution in [1.82, 2.24) is 20.0 Å². The molecule has 1 amide bonds. The number of aromatic nitrogens is 2. The van der Waals surface area contributed by atoms with E-state index < -0.39 is 0 Å². The van der Waals surface area contributed by atoms with Crippen molar-refractivity contribution in [2.24, 2.45) is 12.0 Å². The van der Waals surface area contributed by atoms with Gasteiger partial charge >= 0.3 is 0 Å². The highest BCUT2D eigenvalue weighted by atomic mass is 16.5. The van der Waals surface area contributed by atoms with Crippen molar-refractivity contribution in [3.63, 3.8) is 0 Å². The van der Waals surface area contributed by atoms with Crippen molar-refractivity contribution < 1.29 is 9.53 Å². The van der Waals surface area contributed by atoms with Gasteiger partial charge in [0.25, 0.3) is 0 Å². The molecule has 8 heteroatoms. The number of anilines is 1. The molecule has 1 aliphatic heterocycles. The van der Waals surface area contributed by atoms with E-state index in [-0.39, 0.29) is 12.5 Å². The summed E-state index contributed by atoms with van der Waals surface area (Å²) in [6.45, 7) is 6.92. The Morgan fingerprint density at radius 2 is 2.18 bits per heavy atom. The van der Waals surface area contributed by atoms with Gasteiger partial charge in [0.1, 0.15) is 12.3 Å². The Balaban J connectivity index is 1.59. The number of nitrogens with one attached hydrogen (secondary N) is 1. The minimum absolute atomic E-state index is 0.0408. The van der Waals surface area contributed by atoms with Crippen LogP contribution in [0.4, 0.5) is 5.69 Å². The second kappa shape index (κ2) is 8.77. The van der Waals surface area contributed by atoms with Gasteiger partial charge < -0.3 is 19.9 Å². The van der Waals surface area contributed by atoms with Crippen LogP contribution in [0.2, 0.25) is 0 Å². The smallest absolute Gasteiger partial charge is 0.246 e. The van der Waals surface area contributed by atoms with Gasteiger partial charge in [-0.3, -0.25) is 14.5 Å². The molecule has 3 rings (SSSR count). The zero-order valence-corrected chi connectivity index (χ0v) is 17.0. The summed E-state index contributed by atoms with van der Waals surface area (Å²) in [6.07, 6.45) is 3.57. The monoisotopic (exact) mass is 384 g/mol. The number of aryl methyl sites for hydroxylation is 2. The maximum absolute atomic E-state index is 12.6. The van der Waals surface area contributed by atoms with E-state index in [2.05, 4.69) is 21.5 Å². The van der Waals surface area contributed by atoms with E-state index in [1.165, 1.54) is 0 Å². The van der Waals surface area contributed by atoms with Gasteiger partial charge in [-0.25, -0.2) is 0 Å². The van der Waals surface area contributed by atoms with Crippen molar-refractivity contribution in [1.29, 1.82) is 0 Å². The molecule has 0 radical (unpaired) electrons. The number of carbonyl (C=O) groups excluding carboxylic acids is 1. The fraction of sp³-hybridized carbons (Fsp3) is 0.450. The zero-order valence-electron chi connectivity index (χ0n) is 17.0. The normalized spacial score (nSPS) is 15.1. The Labute approximate surface area is 165 Å². The van der Waals surface area contributed by atoms with Crippen LogP contribution in [0.1, 0.15) is 18.1 Å². The lowest BCUT2D eigenvalue weighted by Crippen LogP contribution is -2.55. The molecule has 1 fully saturated rings. The van der Waals surface area contributed by atoms with Gasteiger partial charge in [-0.05, 0) is 31.0 Å². The number of amides is 1. The van der Waals surface area contributed by atoms with Crippen LogP contribution in [0.5, 0.6) is 5.75 Å². The summed E-state index contributed by atoms with van der Waals surface area (Å²) in [7, 11) is 3.59. The molecule has 1 aliphatic rings. The van der Waals surface area contributed by atoms with Crippen LogP contribution in [0.15, 0.2) is 35.6 Å². The van der Waals surface area contributed by atoms with Gasteiger partial charge in [-0.1, -0.05) is 12.1 Å². The molecule has 28 heavy (non-hydrogen) atoms. The first-order valence-corrected chi connectivity index (χ1v) is 9.48. The molecular weight excluding hydrogens is 356 g/mol. The van der Waals surface area contributed by atoms with Crippen LogP contribution in [-0.4, -0.2) is 59.8 Å². The summed E-state index contributed by atoms with van der Waals surface area (Å²) in [4.78, 5) is 20.7. The van der Waals surface area contributed by atoms with Gasteiger partial charge in [0.2, 0.25) is 5.91 Å². The van der Waals surface area contributed by atoms with Gasteiger partial charge in [-0.15, -0.1) is 0 Å². The maximum Gasteiger partial charge on any atom is 0.246 e. The fourth-order valence-electron chi connectivity index (χ4n) is 3.33. The number of piperazine rings is 1. The van der Waals surface area contributed by atoms with Crippen LogP contribution in [0.25, 0.3) is 0 Å². The SMILES string of the molecule is CCOc1ccc(CNC(=NC)N2CCN(c3cnn(C)c3)C(=O)C2)cc1C. The number of rotatable bonds is 5. The standard InChI is InChI=1S/C20H28N6O2/c1-5-28-18-7-6-16(10-15(18)2)11-22-20(21-3)25-8-9-26(19(27)14-25)17-12-23-24(4)13-17/h6-7,10,12-13H,5,8-9,11,14H2,1-4H3,(H,21,22). The molecule has 150 valence electrons. The van der Waals surface area contributed by atoms with Gasteiger partial charge in [-0.2, -0.15) is 5.10 Å². The minimum atomic E-state index is 0.0408. The lowest BCUT2D eigenvalue weighted by atomic mass is 10.1. The molecule has 0 aliphatic carbocycles. The lowest BCUT2D eigenvalue weighted by Gasteiger charge is -2.35. The summed E-state index contributed by atoms with van der Waals surface area (Å²) in [6, 6.07) is 6.15. The highest BCUT2D eigenvalue weighted by molar-refractivity contribution is 5.98. The summed E-state index contributed by atoms with van der Waals surface area (Å²) < 4.78 is 7.30. The Bertz CT molecular complexity index is 860. The zero-order chi connectivity index (χ0) is 20.1. The number of nitrogens with zero attached hydrogens (tertiary/aromatic N) is 5. The van der Waals surface area contributed by atoms with Crippen molar-refractivity contribution in [2.75, 3.05) is 38.2 Å². The maximum atomic E-state index is 12.6. The number of hydrogen-bond acceptors (Lipinski definition) is 4. The average Bonchev–Trinajstić information content (AvgIpc) is 3.10. The van der Waals surface area contributed by atoms with Crippen molar-refractivity contribution >= 4 is 17.6 Å². The number of benzene rings is 1. The van der Waals surface area contributed by atoms with Crippen LogP contribution in [0, 0.1) is 6.92 Å². The predicted octanol–water partition coefficient (Wildman–Crippen LogP) is 1.55. The van der Waals surface area contributed by atoms with E-state index in [9.17, 15) is 4.79 Å². The predicted molar refractivity (Wildman–Crippen MR) is 110 cm³/mol. The number of aliphatic imine (C=N–C) groups is 1. The molecule has 0 atom stereocenters. The molecule has 0 saturated carbocycles. The highest BCUT2D eigenvalue weighted by Crippen LogP contribution is 2.19. The van der Waals surface area contributed by atoms with E-state index in [0.29, 0.717) is 26.2 Å². The molecule has 1 N–H and O–H groups in total. The van der Waals surface area contributed by atoms with E-state index >= 15 is 0 Å². The third-order valence-corrected chi connectivity index (χ3v) is 4.72. The summed E-state index contributed by atoms with van der Waals surface area (Å²) >= 11 is 0. The Hall–Kier alpha value is -3.03. The van der Waals surface area contributed by atoms with E-state index in [4.69, 9.17) is 4.74 Å². The first kappa shape index (κ1) is 19.7. The van der Waals surface area contributed by atoms with Crippen molar-refractivity contribution in [3.8, 4) is 5.75 Å². The van der Waals surface area contributed by atoms with Crippen LogP contribution >= 0.6 is 0 Å². The molecule has 2 aromatic rings. The van der Waals surface area contributed by atoms with Gasteiger partial charge in [0.15, 0.2) is 5.96 Å². The van der Waals surface area contributed by atoms with Gasteiger partial charge in [0, 0.05) is 39.9 Å². The van der Waals surface area contributed by atoms with Crippen LogP contribution in [0.3, 0.4) is 0 Å². The molecule has 1 saturated heterocycles. The average molecular weight is 384 g/mol. The Morgan fingerprint density at radius 3 is 2.79 bits per heavy atom. The Kier molecular flexibility index (Phi) is 6.18. The van der Waals surface area contributed by atoms with Crippen LogP contribution < -0.4 is 15.0 Å². The number of guanidine groups is 1. The fourth-order valence-corrected chi connectivity index (χ4v) is 3.33. The molecular formula is C20H28N6O2. The second-order valence-electron chi connectivity index (χ2n) is 6.77. The minimum Gasteiger partial charge on any atom is -0.494 e. The lowest BCUT2D eigenvalue weighted by molar-refractivity contribution is -0.120. The first-order chi connectivity index (χ1) is 13.5. The first-order valence-electron chi connectivity index (χ1n) is 9.48. The quantitative estimate of drug-likeness (QED) is 0.625. The van der Waals surface area contributed by atoms with Crippen molar-refractivity contribution in [2.45, 2.75) is 20.4 Å².